The van der Waals surface area contributed by atoms with E-state index < -0.39 is 0 Å². The van der Waals surface area contributed by atoms with Crippen LogP contribution in [0, 0.1) is 0 Å². The first kappa shape index (κ1) is 16.2. The Balaban J connectivity index is 1.40. The lowest BCUT2D eigenvalue weighted by molar-refractivity contribution is 0.264. The Morgan fingerprint density at radius 2 is 2.23 bits per heavy atom. The molecule has 1 N–H and O–H groups in total. The van der Waals surface area contributed by atoms with E-state index in [4.69, 9.17) is 0 Å². The van der Waals surface area contributed by atoms with Crippen LogP contribution in [0.3, 0.4) is 0 Å². The number of nitrogens with one attached hydrogen (secondary N) is 1. The number of nitrogens with zero attached hydrogens (tertiary/aromatic N) is 3. The minimum absolute atomic E-state index is 0.691. The molecule has 3 heterocycles. The van der Waals surface area contributed by atoms with E-state index in [9.17, 15) is 0 Å². The molecule has 3 aromatic rings. The summed E-state index contributed by atoms with van der Waals surface area (Å²) in [5.41, 5.74) is 9.08. The fourth-order valence-electron chi connectivity index (χ4n) is 4.33. The van der Waals surface area contributed by atoms with Crippen molar-refractivity contribution in [3.63, 3.8) is 0 Å². The molecule has 0 spiro atoms. The van der Waals surface area contributed by atoms with E-state index in [1.807, 2.05) is 0 Å². The molecule has 2 aliphatic rings. The summed E-state index contributed by atoms with van der Waals surface area (Å²) in [6, 6.07) is 9.85. The standard InChI is InChI=1S/C21H24N4S/c1-24(2)17-5-7-25(12-17)11-14-3-4-15-10-19-20(16-6-8-26-13-16)22-23-21(19)18(15)9-14/h3-4,6,8-9,13,17H,5,7,10-12H2,1-2H3,(H,22,23). The minimum Gasteiger partial charge on any atom is -0.305 e. The normalized spacial score (nSPS) is 19.3. The molecular formula is C21H24N4S. The van der Waals surface area contributed by atoms with Crippen molar-refractivity contribution in [3.8, 4) is 22.5 Å². The fourth-order valence-corrected chi connectivity index (χ4v) is 4.97. The van der Waals surface area contributed by atoms with E-state index in [1.54, 1.807) is 11.3 Å². The lowest BCUT2D eigenvalue weighted by atomic mass is 10.1. The van der Waals surface area contributed by atoms with Gasteiger partial charge in [0.1, 0.15) is 0 Å². The zero-order valence-electron chi connectivity index (χ0n) is 15.3. The van der Waals surface area contributed by atoms with E-state index in [-0.39, 0.29) is 0 Å². The van der Waals surface area contributed by atoms with Crippen LogP contribution in [0.5, 0.6) is 0 Å². The van der Waals surface area contributed by atoms with Crippen molar-refractivity contribution in [3.05, 3.63) is 51.7 Å². The number of H-pyrrole nitrogens is 1. The summed E-state index contributed by atoms with van der Waals surface area (Å²) >= 11 is 1.73. The number of hydrogen-bond donors (Lipinski definition) is 1. The van der Waals surface area contributed by atoms with E-state index in [2.05, 4.69) is 69.1 Å². The van der Waals surface area contributed by atoms with Crippen LogP contribution in [0.25, 0.3) is 22.5 Å². The third-order valence-corrected chi connectivity index (χ3v) is 6.54. The molecule has 26 heavy (non-hydrogen) atoms. The molecule has 1 aliphatic carbocycles. The summed E-state index contributed by atoms with van der Waals surface area (Å²) in [6.07, 6.45) is 2.26. The molecule has 1 atom stereocenters. The lowest BCUT2D eigenvalue weighted by Gasteiger charge is -2.20. The number of fused-ring (bicyclic) bond motifs is 3. The number of aromatic nitrogens is 2. The highest BCUT2D eigenvalue weighted by Gasteiger charge is 2.27. The van der Waals surface area contributed by atoms with Crippen LogP contribution in [-0.4, -0.2) is 53.2 Å². The van der Waals surface area contributed by atoms with Crippen LogP contribution in [-0.2, 0) is 13.0 Å². The summed E-state index contributed by atoms with van der Waals surface area (Å²) in [7, 11) is 4.38. The second kappa shape index (κ2) is 6.34. The smallest absolute Gasteiger partial charge is 0.0970 e. The Bertz CT molecular complexity index is 926. The molecule has 1 aliphatic heterocycles. The molecule has 0 radical (unpaired) electrons. The Labute approximate surface area is 158 Å². The summed E-state index contributed by atoms with van der Waals surface area (Å²) in [5, 5.41) is 12.2. The second-order valence-corrected chi connectivity index (χ2v) is 8.53. The fraction of sp³-hybridized carbons (Fsp3) is 0.381. The topological polar surface area (TPSA) is 35.2 Å². The minimum atomic E-state index is 0.691. The Hall–Kier alpha value is -1.95. The maximum absolute atomic E-state index is 4.61. The average Bonchev–Trinajstić information content (AvgIpc) is 3.39. The maximum Gasteiger partial charge on any atom is 0.0970 e. The summed E-state index contributed by atoms with van der Waals surface area (Å²) in [5.74, 6) is 0. The van der Waals surface area contributed by atoms with Gasteiger partial charge in [0.05, 0.1) is 11.4 Å². The summed E-state index contributed by atoms with van der Waals surface area (Å²) in [6.45, 7) is 3.40. The van der Waals surface area contributed by atoms with Crippen molar-refractivity contribution in [1.82, 2.24) is 20.0 Å². The van der Waals surface area contributed by atoms with Gasteiger partial charge in [0.2, 0.25) is 0 Å². The third kappa shape index (κ3) is 2.71. The van der Waals surface area contributed by atoms with Crippen LogP contribution >= 0.6 is 11.3 Å². The highest BCUT2D eigenvalue weighted by Crippen LogP contribution is 2.41. The molecule has 1 unspecified atom stereocenters. The van der Waals surface area contributed by atoms with Crippen molar-refractivity contribution in [2.75, 3.05) is 27.2 Å². The quantitative estimate of drug-likeness (QED) is 0.597. The van der Waals surface area contributed by atoms with Crippen LogP contribution in [0.15, 0.2) is 35.0 Å². The van der Waals surface area contributed by atoms with Crippen LogP contribution in [0.1, 0.15) is 23.1 Å². The van der Waals surface area contributed by atoms with Gasteiger partial charge in [0.15, 0.2) is 0 Å². The largest absolute Gasteiger partial charge is 0.305 e. The van der Waals surface area contributed by atoms with E-state index >= 15 is 0 Å². The van der Waals surface area contributed by atoms with Gasteiger partial charge >= 0.3 is 0 Å². The first-order chi connectivity index (χ1) is 12.7. The Morgan fingerprint density at radius 1 is 1.31 bits per heavy atom. The molecule has 1 saturated heterocycles. The number of rotatable bonds is 4. The first-order valence-electron chi connectivity index (χ1n) is 9.30. The molecule has 0 bridgehead atoms. The van der Waals surface area contributed by atoms with Crippen molar-refractivity contribution in [2.24, 2.45) is 0 Å². The van der Waals surface area contributed by atoms with Gasteiger partial charge in [-0.2, -0.15) is 16.4 Å². The van der Waals surface area contributed by atoms with Gasteiger partial charge in [0.25, 0.3) is 0 Å². The predicted octanol–water partition coefficient (Wildman–Crippen LogP) is 3.85. The Kier molecular flexibility index (Phi) is 3.96. The van der Waals surface area contributed by atoms with Crippen molar-refractivity contribution in [1.29, 1.82) is 0 Å². The third-order valence-electron chi connectivity index (χ3n) is 5.86. The number of likely N-dealkylation sites (N-methyl/N-ethyl adjacent to an activating group) is 1. The predicted molar refractivity (Wildman–Crippen MR) is 108 cm³/mol. The zero-order chi connectivity index (χ0) is 17.7. The van der Waals surface area contributed by atoms with Crippen LogP contribution in [0.2, 0.25) is 0 Å². The van der Waals surface area contributed by atoms with Crippen LogP contribution in [0.4, 0.5) is 0 Å². The van der Waals surface area contributed by atoms with Crippen molar-refractivity contribution in [2.45, 2.75) is 25.4 Å². The zero-order valence-corrected chi connectivity index (χ0v) is 16.1. The molecule has 2 aromatic heterocycles. The molecule has 5 heteroatoms. The SMILES string of the molecule is CN(C)C1CCN(Cc2ccc3c(c2)-c2[nH]nc(-c4ccsc4)c2C3)C1. The molecule has 4 nitrogen and oxygen atoms in total. The summed E-state index contributed by atoms with van der Waals surface area (Å²) in [4.78, 5) is 4.93. The van der Waals surface area contributed by atoms with Gasteiger partial charge in [-0.3, -0.25) is 10.00 Å². The number of likely N-dealkylation sites (tertiary alicyclic amines) is 1. The van der Waals surface area contributed by atoms with Gasteiger partial charge in [0, 0.05) is 54.2 Å². The van der Waals surface area contributed by atoms with E-state index in [1.165, 1.54) is 53.0 Å². The number of benzene rings is 1. The van der Waals surface area contributed by atoms with Gasteiger partial charge in [-0.1, -0.05) is 12.1 Å². The number of thiophene rings is 1. The van der Waals surface area contributed by atoms with Crippen molar-refractivity contribution >= 4 is 11.3 Å². The van der Waals surface area contributed by atoms with Gasteiger partial charge in [-0.25, -0.2) is 0 Å². The molecule has 1 fully saturated rings. The molecular weight excluding hydrogens is 340 g/mol. The number of aromatic amines is 1. The van der Waals surface area contributed by atoms with Gasteiger partial charge < -0.3 is 4.90 Å². The maximum atomic E-state index is 4.61. The first-order valence-corrected chi connectivity index (χ1v) is 10.2. The molecule has 0 saturated carbocycles. The van der Waals surface area contributed by atoms with Gasteiger partial charge in [-0.05, 0) is 49.2 Å². The van der Waals surface area contributed by atoms with E-state index in [0.29, 0.717) is 6.04 Å². The molecule has 1 aromatic carbocycles. The lowest BCUT2D eigenvalue weighted by Crippen LogP contribution is -2.31. The molecule has 0 amide bonds. The summed E-state index contributed by atoms with van der Waals surface area (Å²) < 4.78 is 0. The van der Waals surface area contributed by atoms with Crippen LogP contribution < -0.4 is 0 Å². The average molecular weight is 365 g/mol. The second-order valence-electron chi connectivity index (χ2n) is 7.75. The molecule has 134 valence electrons. The highest BCUT2D eigenvalue weighted by atomic mass is 32.1. The highest BCUT2D eigenvalue weighted by molar-refractivity contribution is 7.08. The Morgan fingerprint density at radius 3 is 3.00 bits per heavy atom. The van der Waals surface area contributed by atoms with E-state index in [0.717, 1.165) is 18.7 Å². The molecule has 5 rings (SSSR count). The van der Waals surface area contributed by atoms with Crippen molar-refractivity contribution < 1.29 is 0 Å². The monoisotopic (exact) mass is 364 g/mol. The number of hydrogen-bond acceptors (Lipinski definition) is 4. The van der Waals surface area contributed by atoms with Gasteiger partial charge in [-0.15, -0.1) is 0 Å².